The molecule has 4 rings (SSSR count). The highest BCUT2D eigenvalue weighted by Gasteiger charge is 2.16. The summed E-state index contributed by atoms with van der Waals surface area (Å²) in [5.74, 6) is 0.747. The molecule has 0 bridgehead atoms. The highest BCUT2D eigenvalue weighted by atomic mass is 32.2. The minimum Gasteiger partial charge on any atom is -0.342 e. The van der Waals surface area contributed by atoms with Crippen LogP contribution in [0.3, 0.4) is 0 Å². The number of aromatic amines is 1. The lowest BCUT2D eigenvalue weighted by molar-refractivity contribution is 0.101. The quantitative estimate of drug-likeness (QED) is 0.436. The van der Waals surface area contributed by atoms with Crippen molar-refractivity contribution in [1.29, 1.82) is 0 Å². The fourth-order valence-electron chi connectivity index (χ4n) is 3.29. The number of para-hydroxylation sites is 3. The number of carbonyl (C=O) groups is 1. The van der Waals surface area contributed by atoms with E-state index in [0.717, 1.165) is 22.4 Å². The van der Waals surface area contributed by atoms with Crippen molar-refractivity contribution in [3.8, 4) is 0 Å². The molecule has 152 valence electrons. The number of ketones is 1. The number of nitrogens with zero attached hydrogens (tertiary/aromatic N) is 1. The molecule has 0 unspecified atom stereocenters. The van der Waals surface area contributed by atoms with E-state index in [0.29, 0.717) is 24.1 Å². The summed E-state index contributed by atoms with van der Waals surface area (Å²) in [6, 6.07) is 21.1. The summed E-state index contributed by atoms with van der Waals surface area (Å²) >= 11 is 0. The molecule has 7 heteroatoms. The summed E-state index contributed by atoms with van der Waals surface area (Å²) in [7, 11) is -3.77. The Kier molecular flexibility index (Phi) is 5.37. The monoisotopic (exact) mass is 419 g/mol. The Morgan fingerprint density at radius 2 is 1.63 bits per heavy atom. The van der Waals surface area contributed by atoms with Gasteiger partial charge in [-0.3, -0.25) is 9.52 Å². The topological polar surface area (TPSA) is 91.9 Å². The van der Waals surface area contributed by atoms with Crippen LogP contribution in [-0.2, 0) is 22.9 Å². The third-order valence-electron chi connectivity index (χ3n) is 4.90. The van der Waals surface area contributed by atoms with Crippen molar-refractivity contribution >= 4 is 32.5 Å². The van der Waals surface area contributed by atoms with Crippen molar-refractivity contribution < 1.29 is 13.2 Å². The van der Waals surface area contributed by atoms with Crippen LogP contribution in [0.4, 0.5) is 5.69 Å². The number of fused-ring (bicyclic) bond motifs is 1. The average Bonchev–Trinajstić information content (AvgIpc) is 3.16. The van der Waals surface area contributed by atoms with Crippen molar-refractivity contribution in [2.45, 2.75) is 24.7 Å². The third-order valence-corrected chi connectivity index (χ3v) is 6.28. The maximum Gasteiger partial charge on any atom is 0.261 e. The van der Waals surface area contributed by atoms with E-state index >= 15 is 0 Å². The van der Waals surface area contributed by atoms with Crippen LogP contribution in [0, 0.1) is 0 Å². The minimum absolute atomic E-state index is 0.108. The van der Waals surface area contributed by atoms with Crippen LogP contribution >= 0.6 is 0 Å². The van der Waals surface area contributed by atoms with E-state index in [2.05, 4.69) is 14.7 Å². The van der Waals surface area contributed by atoms with Gasteiger partial charge in [-0.15, -0.1) is 0 Å². The number of Topliss-reactive ketones (excluding diaryl/α,β-unsaturated/α-hetero) is 1. The van der Waals surface area contributed by atoms with Crippen molar-refractivity contribution in [2.24, 2.45) is 0 Å². The molecule has 0 aliphatic rings. The Morgan fingerprint density at radius 3 is 2.37 bits per heavy atom. The lowest BCUT2D eigenvalue weighted by atomic mass is 10.1. The van der Waals surface area contributed by atoms with Gasteiger partial charge in [0.2, 0.25) is 0 Å². The molecule has 0 aliphatic carbocycles. The van der Waals surface area contributed by atoms with Gasteiger partial charge in [-0.1, -0.05) is 42.5 Å². The van der Waals surface area contributed by atoms with Gasteiger partial charge in [0.15, 0.2) is 5.78 Å². The van der Waals surface area contributed by atoms with Crippen molar-refractivity contribution in [2.75, 3.05) is 4.72 Å². The molecule has 30 heavy (non-hydrogen) atoms. The van der Waals surface area contributed by atoms with Crippen molar-refractivity contribution in [1.82, 2.24) is 9.97 Å². The SMILES string of the molecule is CC(=O)c1ccc(S(=O)(=O)Nc2ccccc2CCc2nc3ccccc3[nH]2)cc1. The second-order valence-corrected chi connectivity index (χ2v) is 8.73. The van der Waals surface area contributed by atoms with Crippen LogP contribution in [0.5, 0.6) is 0 Å². The maximum absolute atomic E-state index is 12.8. The van der Waals surface area contributed by atoms with E-state index < -0.39 is 10.0 Å². The molecule has 0 radical (unpaired) electrons. The fourth-order valence-corrected chi connectivity index (χ4v) is 4.39. The highest BCUT2D eigenvalue weighted by Crippen LogP contribution is 2.22. The number of anilines is 1. The predicted octanol–water partition coefficient (Wildman–Crippen LogP) is 4.35. The van der Waals surface area contributed by atoms with Gasteiger partial charge in [0.25, 0.3) is 10.0 Å². The van der Waals surface area contributed by atoms with E-state index in [-0.39, 0.29) is 10.7 Å². The van der Waals surface area contributed by atoms with E-state index in [1.165, 1.54) is 31.2 Å². The number of hydrogen-bond acceptors (Lipinski definition) is 4. The number of imidazole rings is 1. The molecule has 1 aromatic heterocycles. The highest BCUT2D eigenvalue weighted by molar-refractivity contribution is 7.92. The average molecular weight is 420 g/mol. The minimum atomic E-state index is -3.77. The van der Waals surface area contributed by atoms with E-state index in [9.17, 15) is 13.2 Å². The Morgan fingerprint density at radius 1 is 0.933 bits per heavy atom. The number of H-pyrrole nitrogens is 1. The van der Waals surface area contributed by atoms with Crippen LogP contribution in [0.1, 0.15) is 28.7 Å². The standard InChI is InChI=1S/C23H21N3O3S/c1-16(27)17-10-13-19(14-11-17)30(28,29)26-20-7-3-2-6-18(20)12-15-23-24-21-8-4-5-9-22(21)25-23/h2-11,13-14,26H,12,15H2,1H3,(H,24,25). The second-order valence-electron chi connectivity index (χ2n) is 7.04. The zero-order chi connectivity index (χ0) is 21.1. The van der Waals surface area contributed by atoms with Crippen molar-refractivity contribution in [3.05, 3.63) is 89.7 Å². The number of rotatable bonds is 7. The molecule has 0 fully saturated rings. The summed E-state index contributed by atoms with van der Waals surface area (Å²) in [5, 5.41) is 0. The van der Waals surface area contributed by atoms with Gasteiger partial charge in [0, 0.05) is 12.0 Å². The molecule has 0 spiro atoms. The molecule has 0 aliphatic heterocycles. The number of carbonyl (C=O) groups excluding carboxylic acids is 1. The third kappa shape index (κ3) is 4.26. The van der Waals surface area contributed by atoms with Gasteiger partial charge in [0.05, 0.1) is 21.6 Å². The van der Waals surface area contributed by atoms with Gasteiger partial charge < -0.3 is 4.98 Å². The van der Waals surface area contributed by atoms with E-state index in [1.807, 2.05) is 36.4 Å². The molecular weight excluding hydrogens is 398 g/mol. The largest absolute Gasteiger partial charge is 0.342 e. The molecule has 4 aromatic rings. The molecular formula is C23H21N3O3S. The number of nitrogens with one attached hydrogen (secondary N) is 2. The smallest absolute Gasteiger partial charge is 0.261 e. The molecule has 0 atom stereocenters. The first-order valence-electron chi connectivity index (χ1n) is 9.58. The first kappa shape index (κ1) is 19.8. The number of aromatic nitrogens is 2. The van der Waals surface area contributed by atoms with Gasteiger partial charge in [0.1, 0.15) is 5.82 Å². The predicted molar refractivity (Wildman–Crippen MR) is 117 cm³/mol. The van der Waals surface area contributed by atoms with Crippen LogP contribution in [-0.4, -0.2) is 24.2 Å². The molecule has 3 aromatic carbocycles. The van der Waals surface area contributed by atoms with E-state index in [1.54, 1.807) is 12.1 Å². The molecule has 1 heterocycles. The van der Waals surface area contributed by atoms with Gasteiger partial charge in [-0.05, 0) is 49.2 Å². The molecule has 0 saturated carbocycles. The lowest BCUT2D eigenvalue weighted by Gasteiger charge is -2.12. The first-order chi connectivity index (χ1) is 14.4. The Labute approximate surface area is 175 Å². The molecule has 0 saturated heterocycles. The normalized spacial score (nSPS) is 11.5. The molecule has 0 amide bonds. The fraction of sp³-hybridized carbons (Fsp3) is 0.130. The summed E-state index contributed by atoms with van der Waals surface area (Å²) in [6.45, 7) is 1.44. The van der Waals surface area contributed by atoms with Crippen LogP contribution in [0.25, 0.3) is 11.0 Å². The molecule has 6 nitrogen and oxygen atoms in total. The Bertz CT molecular complexity index is 1280. The summed E-state index contributed by atoms with van der Waals surface area (Å²) in [4.78, 5) is 19.4. The number of sulfonamides is 1. The summed E-state index contributed by atoms with van der Waals surface area (Å²) in [6.07, 6.45) is 1.28. The maximum atomic E-state index is 12.8. The number of benzene rings is 3. The van der Waals surface area contributed by atoms with Gasteiger partial charge in [-0.25, -0.2) is 13.4 Å². The van der Waals surface area contributed by atoms with E-state index in [4.69, 9.17) is 0 Å². The zero-order valence-electron chi connectivity index (χ0n) is 16.4. The van der Waals surface area contributed by atoms with Crippen LogP contribution in [0.2, 0.25) is 0 Å². The summed E-state index contributed by atoms with van der Waals surface area (Å²) in [5.41, 5.74) is 3.78. The van der Waals surface area contributed by atoms with Gasteiger partial charge >= 0.3 is 0 Å². The van der Waals surface area contributed by atoms with Crippen LogP contribution < -0.4 is 4.72 Å². The molecule has 2 N–H and O–H groups in total. The lowest BCUT2D eigenvalue weighted by Crippen LogP contribution is -2.14. The number of hydrogen-bond donors (Lipinski definition) is 2. The Balaban J connectivity index is 1.53. The first-order valence-corrected chi connectivity index (χ1v) is 11.1. The van der Waals surface area contributed by atoms with Gasteiger partial charge in [-0.2, -0.15) is 0 Å². The Hall–Kier alpha value is -3.45. The van der Waals surface area contributed by atoms with Crippen molar-refractivity contribution in [3.63, 3.8) is 0 Å². The number of aryl methyl sites for hydroxylation is 2. The summed E-state index contributed by atoms with van der Waals surface area (Å²) < 4.78 is 28.3. The second kappa shape index (κ2) is 8.12. The van der Waals surface area contributed by atoms with Crippen LogP contribution in [0.15, 0.2) is 77.7 Å². The zero-order valence-corrected chi connectivity index (χ0v) is 17.2.